The Balaban J connectivity index is 3.79. The third-order valence-corrected chi connectivity index (χ3v) is 5.99. The molecule has 0 amide bonds. The number of rotatable bonds is 5. The minimum Gasteiger partial charge on any atom is -0.324 e. The lowest BCUT2D eigenvalue weighted by atomic mass is 10.4. The van der Waals surface area contributed by atoms with Crippen molar-refractivity contribution < 1.29 is 9.05 Å². The normalized spacial score (nSPS) is 12.5. The standard InChI is InChI=1S/C5H14NO2PS2/c1-5(2)6-11-9(10,7-3)8-4/h5-6H,1-4H3. The van der Waals surface area contributed by atoms with Gasteiger partial charge in [0.2, 0.25) is 0 Å². The van der Waals surface area contributed by atoms with Crippen molar-refractivity contribution in [2.24, 2.45) is 0 Å². The minimum absolute atomic E-state index is 0.382. The maximum atomic E-state index is 5.09. The molecule has 1 N–H and O–H groups in total. The number of hydrogen-bond acceptors (Lipinski definition) is 5. The summed E-state index contributed by atoms with van der Waals surface area (Å²) in [6, 6.07) is 0.382. The lowest BCUT2D eigenvalue weighted by Gasteiger charge is -2.17. The van der Waals surface area contributed by atoms with Gasteiger partial charge in [-0.25, -0.2) is 0 Å². The van der Waals surface area contributed by atoms with Crippen LogP contribution in [0.25, 0.3) is 0 Å². The van der Waals surface area contributed by atoms with Crippen molar-refractivity contribution in [2.45, 2.75) is 19.9 Å². The molecule has 6 heteroatoms. The summed E-state index contributed by atoms with van der Waals surface area (Å²) in [7, 11) is 3.14. The second kappa shape index (κ2) is 5.51. The smallest absolute Gasteiger partial charge is 0.261 e. The molecule has 0 heterocycles. The molecule has 0 aromatic carbocycles. The van der Waals surface area contributed by atoms with Gasteiger partial charge >= 0.3 is 0 Å². The highest BCUT2D eigenvalue weighted by atomic mass is 32.9. The largest absolute Gasteiger partial charge is 0.324 e. The minimum atomic E-state index is -2.10. The van der Waals surface area contributed by atoms with Crippen molar-refractivity contribution in [1.29, 1.82) is 0 Å². The molecule has 0 saturated heterocycles. The van der Waals surface area contributed by atoms with Gasteiger partial charge < -0.3 is 9.05 Å². The Morgan fingerprint density at radius 3 is 2.09 bits per heavy atom. The van der Waals surface area contributed by atoms with Gasteiger partial charge in [-0.05, 0) is 25.7 Å². The average molecular weight is 215 g/mol. The van der Waals surface area contributed by atoms with Crippen molar-refractivity contribution in [1.82, 2.24) is 4.72 Å². The lowest BCUT2D eigenvalue weighted by Crippen LogP contribution is -2.13. The fourth-order valence-electron chi connectivity index (χ4n) is 0.319. The van der Waals surface area contributed by atoms with Gasteiger partial charge in [0.1, 0.15) is 0 Å². The summed E-state index contributed by atoms with van der Waals surface area (Å²) in [4.78, 5) is 0. The SMILES string of the molecule is COP(=S)(OC)SNC(C)C. The Morgan fingerprint density at radius 2 is 1.82 bits per heavy atom. The Morgan fingerprint density at radius 1 is 1.36 bits per heavy atom. The van der Waals surface area contributed by atoms with E-state index in [1.807, 2.05) is 13.8 Å². The lowest BCUT2D eigenvalue weighted by molar-refractivity contribution is 0.353. The summed E-state index contributed by atoms with van der Waals surface area (Å²) in [6.07, 6.45) is 0. The van der Waals surface area contributed by atoms with E-state index in [-0.39, 0.29) is 0 Å². The zero-order valence-corrected chi connectivity index (χ0v) is 9.68. The summed E-state index contributed by atoms with van der Waals surface area (Å²) in [5, 5.41) is 0. The summed E-state index contributed by atoms with van der Waals surface area (Å²) in [6.45, 7) is 4.08. The van der Waals surface area contributed by atoms with E-state index in [1.165, 1.54) is 11.6 Å². The maximum absolute atomic E-state index is 5.09. The third-order valence-electron chi connectivity index (χ3n) is 0.847. The van der Waals surface area contributed by atoms with Gasteiger partial charge in [0.05, 0.1) is 0 Å². The summed E-state index contributed by atoms with van der Waals surface area (Å²) < 4.78 is 13.2. The van der Waals surface area contributed by atoms with E-state index in [0.29, 0.717) is 6.04 Å². The molecule has 0 spiro atoms. The van der Waals surface area contributed by atoms with E-state index in [9.17, 15) is 0 Å². The van der Waals surface area contributed by atoms with Crippen molar-refractivity contribution in [3.63, 3.8) is 0 Å². The molecule has 0 radical (unpaired) electrons. The molecule has 0 aliphatic rings. The molecular weight excluding hydrogens is 201 g/mol. The van der Waals surface area contributed by atoms with Gasteiger partial charge in [0.25, 0.3) is 5.69 Å². The van der Waals surface area contributed by atoms with Crippen LogP contribution in [-0.2, 0) is 20.9 Å². The van der Waals surface area contributed by atoms with Crippen LogP contribution in [0.4, 0.5) is 0 Å². The highest BCUT2D eigenvalue weighted by molar-refractivity contribution is 8.67. The van der Waals surface area contributed by atoms with Crippen LogP contribution in [0.5, 0.6) is 0 Å². The van der Waals surface area contributed by atoms with Crippen molar-refractivity contribution in [3.05, 3.63) is 0 Å². The van der Waals surface area contributed by atoms with Gasteiger partial charge in [0.15, 0.2) is 0 Å². The molecule has 68 valence electrons. The van der Waals surface area contributed by atoms with E-state index >= 15 is 0 Å². The van der Waals surface area contributed by atoms with E-state index in [2.05, 4.69) is 4.72 Å². The van der Waals surface area contributed by atoms with Crippen LogP contribution in [0.2, 0.25) is 0 Å². The van der Waals surface area contributed by atoms with Gasteiger partial charge in [0, 0.05) is 31.8 Å². The van der Waals surface area contributed by atoms with Crippen LogP contribution in [0.3, 0.4) is 0 Å². The highest BCUT2D eigenvalue weighted by Crippen LogP contribution is 2.58. The molecule has 0 rings (SSSR count). The fourth-order valence-corrected chi connectivity index (χ4v) is 2.81. The zero-order valence-electron chi connectivity index (χ0n) is 7.16. The molecule has 11 heavy (non-hydrogen) atoms. The first kappa shape index (κ1) is 11.9. The quantitative estimate of drug-likeness (QED) is 0.561. The van der Waals surface area contributed by atoms with E-state index in [4.69, 9.17) is 20.9 Å². The fraction of sp³-hybridized carbons (Fsp3) is 1.00. The summed E-state index contributed by atoms with van der Waals surface area (Å²) >= 11 is 6.45. The van der Waals surface area contributed by atoms with Crippen LogP contribution < -0.4 is 4.72 Å². The molecule has 0 atom stereocenters. The summed E-state index contributed by atoms with van der Waals surface area (Å²) in [5.41, 5.74) is -2.10. The first-order chi connectivity index (χ1) is 5.04. The molecule has 3 nitrogen and oxygen atoms in total. The Labute approximate surface area is 77.3 Å². The van der Waals surface area contributed by atoms with Crippen LogP contribution in [0, 0.1) is 0 Å². The van der Waals surface area contributed by atoms with E-state index < -0.39 is 5.69 Å². The molecule has 0 aromatic rings. The second-order valence-electron chi connectivity index (χ2n) is 2.18. The number of nitrogens with one attached hydrogen (secondary N) is 1. The maximum Gasteiger partial charge on any atom is 0.261 e. The van der Waals surface area contributed by atoms with Crippen LogP contribution in [-0.4, -0.2) is 20.3 Å². The number of hydrogen-bond donors (Lipinski definition) is 1. The van der Waals surface area contributed by atoms with Crippen LogP contribution >= 0.6 is 17.3 Å². The van der Waals surface area contributed by atoms with Crippen molar-refractivity contribution in [2.75, 3.05) is 14.2 Å². The molecule has 0 aliphatic heterocycles. The van der Waals surface area contributed by atoms with E-state index in [1.54, 1.807) is 14.2 Å². The molecule has 0 bridgehead atoms. The van der Waals surface area contributed by atoms with Crippen LogP contribution in [0.1, 0.15) is 13.8 Å². The topological polar surface area (TPSA) is 30.5 Å². The molecule has 0 saturated carbocycles. The average Bonchev–Trinajstić information content (AvgIpc) is 2.00. The van der Waals surface area contributed by atoms with Crippen molar-refractivity contribution in [3.8, 4) is 0 Å². The first-order valence-electron chi connectivity index (χ1n) is 3.19. The first-order valence-corrected chi connectivity index (χ1v) is 7.25. The Kier molecular flexibility index (Phi) is 5.95. The van der Waals surface area contributed by atoms with Gasteiger partial charge in [-0.3, -0.25) is 4.72 Å². The molecule has 0 unspecified atom stereocenters. The second-order valence-corrected chi connectivity index (χ2v) is 8.34. The predicted molar refractivity (Wildman–Crippen MR) is 54.2 cm³/mol. The predicted octanol–water partition coefficient (Wildman–Crippen LogP) is 2.15. The Bertz CT molecular complexity index is 145. The highest BCUT2D eigenvalue weighted by Gasteiger charge is 2.16. The summed E-state index contributed by atoms with van der Waals surface area (Å²) in [5.74, 6) is 0. The molecule has 0 aliphatic carbocycles. The third kappa shape index (κ3) is 5.17. The molecular formula is C5H14NO2PS2. The van der Waals surface area contributed by atoms with Crippen molar-refractivity contribution >= 4 is 29.1 Å². The van der Waals surface area contributed by atoms with Crippen LogP contribution in [0.15, 0.2) is 0 Å². The van der Waals surface area contributed by atoms with Gasteiger partial charge in [-0.15, -0.1) is 0 Å². The van der Waals surface area contributed by atoms with E-state index in [0.717, 1.165) is 0 Å². The van der Waals surface area contributed by atoms with Gasteiger partial charge in [-0.2, -0.15) is 0 Å². The van der Waals surface area contributed by atoms with Gasteiger partial charge in [-0.1, -0.05) is 0 Å². The molecule has 0 aromatic heterocycles. The molecule has 0 fully saturated rings. The zero-order chi connectivity index (χ0) is 8.91. The Hall–Kier alpha value is 0.880. The monoisotopic (exact) mass is 215 g/mol.